The standard InChI is InChI=1S/C17H17N3OS/c1-2-11-5-6-13-14(9-18)17(22-15(13)8-11)20-16(21)12-4-3-7-19-10-12/h3-4,7,10-11H,2,5-6,8H2,1H3,(H,20,21)/t11-/m1/s1. The number of rotatable bonds is 3. The number of pyridine rings is 1. The van der Waals surface area contributed by atoms with E-state index in [9.17, 15) is 10.1 Å². The summed E-state index contributed by atoms with van der Waals surface area (Å²) in [6.07, 6.45) is 7.42. The zero-order valence-electron chi connectivity index (χ0n) is 12.4. The van der Waals surface area contributed by atoms with E-state index in [1.165, 1.54) is 11.1 Å². The minimum atomic E-state index is -0.213. The largest absolute Gasteiger partial charge is 0.312 e. The van der Waals surface area contributed by atoms with Crippen LogP contribution in [0.5, 0.6) is 0 Å². The van der Waals surface area contributed by atoms with Crippen molar-refractivity contribution < 1.29 is 4.79 Å². The van der Waals surface area contributed by atoms with E-state index in [0.29, 0.717) is 22.0 Å². The van der Waals surface area contributed by atoms with Crippen LogP contribution in [0.4, 0.5) is 5.00 Å². The first-order chi connectivity index (χ1) is 10.7. The van der Waals surface area contributed by atoms with Gasteiger partial charge >= 0.3 is 0 Å². The molecule has 0 spiro atoms. The first kappa shape index (κ1) is 14.7. The highest BCUT2D eigenvalue weighted by Gasteiger charge is 2.25. The highest BCUT2D eigenvalue weighted by atomic mass is 32.1. The van der Waals surface area contributed by atoms with Crippen LogP contribution < -0.4 is 5.32 Å². The second kappa shape index (κ2) is 6.29. The number of thiophene rings is 1. The monoisotopic (exact) mass is 311 g/mol. The van der Waals surface area contributed by atoms with Crippen LogP contribution >= 0.6 is 11.3 Å². The lowest BCUT2D eigenvalue weighted by atomic mass is 9.86. The lowest BCUT2D eigenvalue weighted by molar-refractivity contribution is 0.102. The summed E-state index contributed by atoms with van der Waals surface area (Å²) < 4.78 is 0. The molecule has 112 valence electrons. The molecule has 0 aliphatic heterocycles. The minimum absolute atomic E-state index is 0.213. The van der Waals surface area contributed by atoms with E-state index in [1.807, 2.05) is 0 Å². The van der Waals surface area contributed by atoms with Crippen LogP contribution in [0.15, 0.2) is 24.5 Å². The number of amides is 1. The van der Waals surface area contributed by atoms with Crippen molar-refractivity contribution in [3.8, 4) is 6.07 Å². The molecule has 0 fully saturated rings. The lowest BCUT2D eigenvalue weighted by Gasteiger charge is -2.20. The molecule has 2 heterocycles. The van der Waals surface area contributed by atoms with Gasteiger partial charge in [0, 0.05) is 17.3 Å². The van der Waals surface area contributed by atoms with E-state index in [-0.39, 0.29) is 5.91 Å². The molecule has 5 heteroatoms. The Hall–Kier alpha value is -2.19. The van der Waals surface area contributed by atoms with Gasteiger partial charge in [0.05, 0.1) is 11.1 Å². The summed E-state index contributed by atoms with van der Waals surface area (Å²) >= 11 is 1.55. The number of carbonyl (C=O) groups excluding carboxylic acids is 1. The summed E-state index contributed by atoms with van der Waals surface area (Å²) in [5.74, 6) is 0.481. The van der Waals surface area contributed by atoms with Crippen molar-refractivity contribution in [3.63, 3.8) is 0 Å². The topological polar surface area (TPSA) is 65.8 Å². The Morgan fingerprint density at radius 1 is 1.59 bits per heavy atom. The van der Waals surface area contributed by atoms with Crippen LogP contribution in [0.2, 0.25) is 0 Å². The molecule has 1 atom stereocenters. The Kier molecular flexibility index (Phi) is 4.21. The molecule has 0 radical (unpaired) electrons. The van der Waals surface area contributed by atoms with Gasteiger partial charge in [-0.2, -0.15) is 5.26 Å². The van der Waals surface area contributed by atoms with Crippen molar-refractivity contribution in [2.75, 3.05) is 5.32 Å². The van der Waals surface area contributed by atoms with Gasteiger partial charge in [0.25, 0.3) is 5.91 Å². The van der Waals surface area contributed by atoms with Crippen molar-refractivity contribution in [3.05, 3.63) is 46.1 Å². The maximum atomic E-state index is 12.3. The van der Waals surface area contributed by atoms with Gasteiger partial charge in [-0.05, 0) is 42.9 Å². The zero-order valence-corrected chi connectivity index (χ0v) is 13.2. The van der Waals surface area contributed by atoms with Crippen molar-refractivity contribution in [1.82, 2.24) is 4.98 Å². The van der Waals surface area contributed by atoms with E-state index < -0.39 is 0 Å². The molecule has 0 saturated heterocycles. The van der Waals surface area contributed by atoms with Crippen molar-refractivity contribution in [2.45, 2.75) is 32.6 Å². The van der Waals surface area contributed by atoms with E-state index in [1.54, 1.807) is 29.7 Å². The Balaban J connectivity index is 1.87. The molecule has 0 bridgehead atoms. The molecule has 4 nitrogen and oxygen atoms in total. The first-order valence-corrected chi connectivity index (χ1v) is 8.30. The fourth-order valence-corrected chi connectivity index (χ4v) is 4.19. The number of nitrogens with zero attached hydrogens (tertiary/aromatic N) is 2. The van der Waals surface area contributed by atoms with Gasteiger partial charge in [-0.15, -0.1) is 11.3 Å². The number of aromatic nitrogens is 1. The Morgan fingerprint density at radius 2 is 2.45 bits per heavy atom. The van der Waals surface area contributed by atoms with Gasteiger partial charge in [-0.1, -0.05) is 13.3 Å². The minimum Gasteiger partial charge on any atom is -0.312 e. The van der Waals surface area contributed by atoms with Gasteiger partial charge in [0.1, 0.15) is 11.1 Å². The summed E-state index contributed by atoms with van der Waals surface area (Å²) in [4.78, 5) is 17.5. The highest BCUT2D eigenvalue weighted by molar-refractivity contribution is 7.16. The van der Waals surface area contributed by atoms with Crippen molar-refractivity contribution in [2.24, 2.45) is 5.92 Å². The van der Waals surface area contributed by atoms with Crippen LogP contribution in [0.25, 0.3) is 0 Å². The third kappa shape index (κ3) is 2.75. The molecule has 0 saturated carbocycles. The van der Waals surface area contributed by atoms with Gasteiger partial charge in [-0.3, -0.25) is 9.78 Å². The predicted molar refractivity (Wildman–Crippen MR) is 87.0 cm³/mol. The third-order valence-electron chi connectivity index (χ3n) is 4.21. The van der Waals surface area contributed by atoms with Gasteiger partial charge in [0.15, 0.2) is 0 Å². The van der Waals surface area contributed by atoms with Crippen LogP contribution in [-0.2, 0) is 12.8 Å². The fraction of sp³-hybridized carbons (Fsp3) is 0.353. The maximum absolute atomic E-state index is 12.3. The van der Waals surface area contributed by atoms with Crippen molar-refractivity contribution in [1.29, 1.82) is 5.26 Å². The van der Waals surface area contributed by atoms with Gasteiger partial charge in [0.2, 0.25) is 0 Å². The molecule has 1 amide bonds. The average molecular weight is 311 g/mol. The Labute approximate surface area is 133 Å². The molecule has 2 aromatic rings. The molecule has 1 aliphatic carbocycles. The number of anilines is 1. The van der Waals surface area contributed by atoms with Gasteiger partial charge in [-0.25, -0.2) is 0 Å². The molecule has 0 aromatic carbocycles. The number of fused-ring (bicyclic) bond motifs is 1. The van der Waals surface area contributed by atoms with Crippen LogP contribution in [0.1, 0.15) is 46.1 Å². The summed E-state index contributed by atoms with van der Waals surface area (Å²) in [6.45, 7) is 2.21. The normalized spacial score (nSPS) is 16.6. The summed E-state index contributed by atoms with van der Waals surface area (Å²) in [5, 5.41) is 13.0. The van der Waals surface area contributed by atoms with E-state index in [2.05, 4.69) is 23.3 Å². The third-order valence-corrected chi connectivity index (χ3v) is 5.38. The number of carbonyl (C=O) groups is 1. The molecule has 2 aromatic heterocycles. The second-order valence-corrected chi connectivity index (χ2v) is 6.64. The summed E-state index contributed by atoms with van der Waals surface area (Å²) in [6, 6.07) is 5.72. The molecule has 22 heavy (non-hydrogen) atoms. The lowest BCUT2D eigenvalue weighted by Crippen LogP contribution is -2.12. The molecule has 3 rings (SSSR count). The molecule has 1 aliphatic rings. The zero-order chi connectivity index (χ0) is 15.5. The Morgan fingerprint density at radius 3 is 3.14 bits per heavy atom. The fourth-order valence-electron chi connectivity index (χ4n) is 2.88. The van der Waals surface area contributed by atoms with Crippen molar-refractivity contribution >= 4 is 22.2 Å². The van der Waals surface area contributed by atoms with Gasteiger partial charge < -0.3 is 5.32 Å². The highest BCUT2D eigenvalue weighted by Crippen LogP contribution is 2.40. The van der Waals surface area contributed by atoms with E-state index in [0.717, 1.165) is 31.2 Å². The predicted octanol–water partition coefficient (Wildman–Crippen LogP) is 3.78. The molecule has 0 unspecified atom stereocenters. The maximum Gasteiger partial charge on any atom is 0.257 e. The quantitative estimate of drug-likeness (QED) is 0.938. The van der Waals surface area contributed by atoms with E-state index in [4.69, 9.17) is 0 Å². The average Bonchev–Trinajstić information content (AvgIpc) is 2.91. The second-order valence-electron chi connectivity index (χ2n) is 5.53. The number of nitrogens with one attached hydrogen (secondary N) is 1. The smallest absolute Gasteiger partial charge is 0.257 e. The summed E-state index contributed by atoms with van der Waals surface area (Å²) in [5.41, 5.74) is 2.29. The molecule has 1 N–H and O–H groups in total. The number of hydrogen-bond donors (Lipinski definition) is 1. The molecular weight excluding hydrogens is 294 g/mol. The first-order valence-electron chi connectivity index (χ1n) is 7.49. The molecular formula is C17H17N3OS. The number of nitriles is 1. The number of hydrogen-bond acceptors (Lipinski definition) is 4. The Bertz CT molecular complexity index is 730. The summed E-state index contributed by atoms with van der Waals surface area (Å²) in [7, 11) is 0. The SMILES string of the molecule is CC[C@@H]1CCc2c(sc(NC(=O)c3cccnc3)c2C#N)C1. The van der Waals surface area contributed by atoms with Crippen LogP contribution in [-0.4, -0.2) is 10.9 Å². The van der Waals surface area contributed by atoms with Crippen LogP contribution in [0.3, 0.4) is 0 Å². The van der Waals surface area contributed by atoms with E-state index >= 15 is 0 Å². The van der Waals surface area contributed by atoms with Crippen LogP contribution in [0, 0.1) is 17.2 Å².